The molecular weight excluding hydrogens is 371 g/mol. The number of rotatable bonds is 5. The van der Waals surface area contributed by atoms with Crippen LogP contribution in [0.2, 0.25) is 5.02 Å². The van der Waals surface area contributed by atoms with E-state index in [2.05, 4.69) is 47.1 Å². The molecule has 0 saturated carbocycles. The van der Waals surface area contributed by atoms with Crippen molar-refractivity contribution in [3.05, 3.63) is 106 Å². The third-order valence-corrected chi connectivity index (χ3v) is 5.71. The Morgan fingerprint density at radius 3 is 2.18 bits per heavy atom. The number of aryl methyl sites for hydroxylation is 1. The van der Waals surface area contributed by atoms with Crippen LogP contribution in [0.4, 0.5) is 4.39 Å². The van der Waals surface area contributed by atoms with Gasteiger partial charge in [0.05, 0.1) is 6.17 Å². The molecule has 3 aromatic carbocycles. The Balaban J connectivity index is 1.65. The van der Waals surface area contributed by atoms with E-state index in [9.17, 15) is 4.39 Å². The van der Waals surface area contributed by atoms with Gasteiger partial charge in [0.1, 0.15) is 5.82 Å². The summed E-state index contributed by atoms with van der Waals surface area (Å²) in [5.41, 5.74) is 4.49. The molecule has 0 bridgehead atoms. The van der Waals surface area contributed by atoms with Gasteiger partial charge in [0.15, 0.2) is 0 Å². The highest BCUT2D eigenvalue weighted by Gasteiger charge is 2.33. The molecule has 0 spiro atoms. The molecule has 1 saturated heterocycles. The quantitative estimate of drug-likeness (QED) is 0.539. The standard InChI is InChI=1S/C24H24ClFN2/c1-18-7-2-3-8-20(18)16-27-13-14-28(17-21-9-4-5-12-23(21)26)24(27)19-10-6-11-22(25)15-19/h2-12,15,24H,13-14,16-17H2,1H3. The molecule has 144 valence electrons. The average Bonchev–Trinajstić information content (AvgIpc) is 3.08. The number of hydrogen-bond acceptors (Lipinski definition) is 2. The zero-order chi connectivity index (χ0) is 19.5. The van der Waals surface area contributed by atoms with E-state index in [1.165, 1.54) is 17.2 Å². The van der Waals surface area contributed by atoms with Gasteiger partial charge in [-0.25, -0.2) is 4.39 Å². The van der Waals surface area contributed by atoms with Gasteiger partial charge in [-0.15, -0.1) is 0 Å². The van der Waals surface area contributed by atoms with Gasteiger partial charge in [0, 0.05) is 36.8 Å². The normalized spacial score (nSPS) is 17.9. The highest BCUT2D eigenvalue weighted by molar-refractivity contribution is 6.30. The van der Waals surface area contributed by atoms with E-state index in [0.717, 1.165) is 35.8 Å². The van der Waals surface area contributed by atoms with Crippen molar-refractivity contribution in [3.8, 4) is 0 Å². The largest absolute Gasteiger partial charge is 0.278 e. The summed E-state index contributed by atoms with van der Waals surface area (Å²) in [4.78, 5) is 4.79. The summed E-state index contributed by atoms with van der Waals surface area (Å²) in [5.74, 6) is -0.148. The van der Waals surface area contributed by atoms with Crippen molar-refractivity contribution in [2.75, 3.05) is 13.1 Å². The summed E-state index contributed by atoms with van der Waals surface area (Å²) >= 11 is 6.29. The average molecular weight is 395 g/mol. The second-order valence-electron chi connectivity index (χ2n) is 7.39. The van der Waals surface area contributed by atoms with Gasteiger partial charge in [-0.2, -0.15) is 0 Å². The summed E-state index contributed by atoms with van der Waals surface area (Å²) in [7, 11) is 0. The lowest BCUT2D eigenvalue weighted by Crippen LogP contribution is -2.31. The maximum atomic E-state index is 14.3. The van der Waals surface area contributed by atoms with Gasteiger partial charge in [0.25, 0.3) is 0 Å². The lowest BCUT2D eigenvalue weighted by Gasteiger charge is -2.31. The van der Waals surface area contributed by atoms with Gasteiger partial charge < -0.3 is 0 Å². The number of hydrogen-bond donors (Lipinski definition) is 0. The predicted molar refractivity (Wildman–Crippen MR) is 113 cm³/mol. The Morgan fingerprint density at radius 1 is 0.857 bits per heavy atom. The van der Waals surface area contributed by atoms with Crippen LogP contribution in [-0.2, 0) is 13.1 Å². The maximum absolute atomic E-state index is 14.3. The highest BCUT2D eigenvalue weighted by Crippen LogP contribution is 2.34. The van der Waals surface area contributed by atoms with Crippen LogP contribution in [0.5, 0.6) is 0 Å². The molecule has 1 unspecified atom stereocenters. The minimum absolute atomic E-state index is 0.0675. The zero-order valence-corrected chi connectivity index (χ0v) is 16.7. The molecule has 0 aliphatic carbocycles. The minimum Gasteiger partial charge on any atom is -0.278 e. The fourth-order valence-electron chi connectivity index (χ4n) is 4.00. The van der Waals surface area contributed by atoms with Gasteiger partial charge in [0.2, 0.25) is 0 Å². The molecule has 1 fully saturated rings. The molecule has 1 aliphatic rings. The third-order valence-electron chi connectivity index (χ3n) is 5.48. The predicted octanol–water partition coefficient (Wildman–Crippen LogP) is 5.80. The molecule has 2 nitrogen and oxygen atoms in total. The van der Waals surface area contributed by atoms with E-state index in [0.29, 0.717) is 6.54 Å². The minimum atomic E-state index is -0.148. The Morgan fingerprint density at radius 2 is 1.50 bits per heavy atom. The van der Waals surface area contributed by atoms with E-state index in [1.54, 1.807) is 6.07 Å². The molecule has 1 heterocycles. The van der Waals surface area contributed by atoms with Crippen LogP contribution in [0.25, 0.3) is 0 Å². The van der Waals surface area contributed by atoms with Gasteiger partial charge in [-0.1, -0.05) is 66.2 Å². The molecule has 1 aliphatic heterocycles. The highest BCUT2D eigenvalue weighted by atomic mass is 35.5. The molecule has 1 atom stereocenters. The molecule has 4 heteroatoms. The number of nitrogens with zero attached hydrogens (tertiary/aromatic N) is 2. The lowest BCUT2D eigenvalue weighted by molar-refractivity contribution is 0.124. The van der Waals surface area contributed by atoms with Gasteiger partial charge in [-0.05, 0) is 41.8 Å². The maximum Gasteiger partial charge on any atom is 0.127 e. The first-order chi connectivity index (χ1) is 13.6. The van der Waals surface area contributed by atoms with E-state index in [1.807, 2.05) is 30.3 Å². The van der Waals surface area contributed by atoms with Crippen molar-refractivity contribution < 1.29 is 4.39 Å². The Bertz CT molecular complexity index is 903. The van der Waals surface area contributed by atoms with Gasteiger partial charge >= 0.3 is 0 Å². The van der Waals surface area contributed by atoms with Crippen molar-refractivity contribution in [1.29, 1.82) is 0 Å². The van der Waals surface area contributed by atoms with Crippen LogP contribution in [0.3, 0.4) is 0 Å². The fraction of sp³-hybridized carbons (Fsp3) is 0.250. The molecule has 0 N–H and O–H groups in total. The van der Waals surface area contributed by atoms with Gasteiger partial charge in [-0.3, -0.25) is 9.80 Å². The fourth-order valence-corrected chi connectivity index (χ4v) is 4.20. The second-order valence-corrected chi connectivity index (χ2v) is 7.82. The monoisotopic (exact) mass is 394 g/mol. The van der Waals surface area contributed by atoms with E-state index in [-0.39, 0.29) is 12.0 Å². The van der Waals surface area contributed by atoms with Crippen molar-refractivity contribution in [1.82, 2.24) is 9.80 Å². The molecule has 3 aromatic rings. The molecule has 28 heavy (non-hydrogen) atoms. The van der Waals surface area contributed by atoms with Crippen LogP contribution >= 0.6 is 11.6 Å². The second kappa shape index (κ2) is 8.44. The van der Waals surface area contributed by atoms with E-state index >= 15 is 0 Å². The molecule has 4 rings (SSSR count). The smallest absolute Gasteiger partial charge is 0.127 e. The van der Waals surface area contributed by atoms with Crippen LogP contribution in [0, 0.1) is 12.7 Å². The number of halogens is 2. The summed E-state index contributed by atoms with van der Waals surface area (Å²) < 4.78 is 14.3. The van der Waals surface area contributed by atoms with Crippen molar-refractivity contribution >= 4 is 11.6 Å². The van der Waals surface area contributed by atoms with Crippen LogP contribution in [0.15, 0.2) is 72.8 Å². The molecular formula is C24H24ClFN2. The topological polar surface area (TPSA) is 6.48 Å². The Labute approximate surface area is 171 Å². The summed E-state index contributed by atoms with van der Waals surface area (Å²) in [6, 6.07) is 23.6. The zero-order valence-electron chi connectivity index (χ0n) is 16.0. The van der Waals surface area contributed by atoms with Crippen molar-refractivity contribution in [3.63, 3.8) is 0 Å². The third kappa shape index (κ3) is 4.12. The van der Waals surface area contributed by atoms with Crippen LogP contribution < -0.4 is 0 Å². The molecule has 0 radical (unpaired) electrons. The van der Waals surface area contributed by atoms with Crippen LogP contribution in [-0.4, -0.2) is 22.9 Å². The van der Waals surface area contributed by atoms with E-state index in [4.69, 9.17) is 11.6 Å². The van der Waals surface area contributed by atoms with E-state index < -0.39 is 0 Å². The first-order valence-electron chi connectivity index (χ1n) is 9.63. The van der Waals surface area contributed by atoms with Crippen molar-refractivity contribution in [2.24, 2.45) is 0 Å². The first-order valence-corrected chi connectivity index (χ1v) is 10.0. The Kier molecular flexibility index (Phi) is 5.77. The summed E-state index contributed by atoms with van der Waals surface area (Å²) in [6.45, 7) is 5.40. The number of benzene rings is 3. The molecule has 0 amide bonds. The first kappa shape index (κ1) is 19.1. The molecule has 0 aromatic heterocycles. The van der Waals surface area contributed by atoms with Crippen LogP contribution in [0.1, 0.15) is 28.4 Å². The summed E-state index contributed by atoms with van der Waals surface area (Å²) in [5, 5.41) is 0.728. The summed E-state index contributed by atoms with van der Waals surface area (Å²) in [6.07, 6.45) is 0.0675. The SMILES string of the molecule is Cc1ccccc1CN1CCN(Cc2ccccc2F)C1c1cccc(Cl)c1. The van der Waals surface area contributed by atoms with Crippen molar-refractivity contribution in [2.45, 2.75) is 26.2 Å². The lowest BCUT2D eigenvalue weighted by atomic mass is 10.1. The Hall–Kier alpha value is -2.20.